The van der Waals surface area contributed by atoms with Crippen molar-refractivity contribution in [2.45, 2.75) is 26.3 Å². The minimum atomic E-state index is -0.854. The monoisotopic (exact) mass is 269 g/mol. The lowest BCUT2D eigenvalue weighted by Crippen LogP contribution is -2.33. The van der Waals surface area contributed by atoms with Crippen LogP contribution in [0.15, 0.2) is 18.2 Å². The second-order valence-corrected chi connectivity index (χ2v) is 6.02. The molecule has 0 saturated carbocycles. The molecule has 0 bridgehead atoms. The van der Waals surface area contributed by atoms with Crippen LogP contribution in [0.4, 0.5) is 0 Å². The molecule has 18 heavy (non-hydrogen) atoms. The number of aryl methyl sites for hydroxylation is 1. The standard InChI is InChI=1S/C13H19NO3S/c1-9-4-5-11(12(15)8-9)13(16)14-10(2)6-7-18(3)17/h4-5,8,10,15H,6-7H2,1-3H3,(H,14,16). The zero-order valence-corrected chi connectivity index (χ0v) is 11.7. The first-order chi connectivity index (χ1) is 8.40. The van der Waals surface area contributed by atoms with Crippen molar-refractivity contribution >= 4 is 16.7 Å². The van der Waals surface area contributed by atoms with Crippen molar-refractivity contribution in [3.05, 3.63) is 29.3 Å². The van der Waals surface area contributed by atoms with Crippen LogP contribution in [0.1, 0.15) is 29.3 Å². The third-order valence-electron chi connectivity index (χ3n) is 2.61. The quantitative estimate of drug-likeness (QED) is 0.853. The summed E-state index contributed by atoms with van der Waals surface area (Å²) in [5.74, 6) is 0.238. The van der Waals surface area contributed by atoms with E-state index in [0.717, 1.165) is 5.56 Å². The van der Waals surface area contributed by atoms with Crippen molar-refractivity contribution in [1.29, 1.82) is 0 Å². The van der Waals surface area contributed by atoms with Crippen molar-refractivity contribution in [2.24, 2.45) is 0 Å². The minimum absolute atomic E-state index is 0.0150. The number of aromatic hydroxyl groups is 1. The number of rotatable bonds is 5. The van der Waals surface area contributed by atoms with E-state index >= 15 is 0 Å². The highest BCUT2D eigenvalue weighted by molar-refractivity contribution is 7.84. The molecule has 2 N–H and O–H groups in total. The molecule has 0 aromatic heterocycles. The summed E-state index contributed by atoms with van der Waals surface area (Å²) in [6, 6.07) is 4.87. The smallest absolute Gasteiger partial charge is 0.255 e. The van der Waals surface area contributed by atoms with Crippen molar-refractivity contribution < 1.29 is 14.1 Å². The summed E-state index contributed by atoms with van der Waals surface area (Å²) < 4.78 is 11.0. The molecular formula is C13H19NO3S. The lowest BCUT2D eigenvalue weighted by molar-refractivity contribution is 0.0937. The van der Waals surface area contributed by atoms with E-state index in [2.05, 4.69) is 5.32 Å². The molecule has 0 radical (unpaired) electrons. The van der Waals surface area contributed by atoms with Gasteiger partial charge < -0.3 is 10.4 Å². The van der Waals surface area contributed by atoms with Gasteiger partial charge in [-0.15, -0.1) is 0 Å². The average Bonchev–Trinajstić information content (AvgIpc) is 2.26. The van der Waals surface area contributed by atoms with E-state index < -0.39 is 10.8 Å². The molecule has 1 aromatic rings. The zero-order valence-electron chi connectivity index (χ0n) is 10.9. The largest absolute Gasteiger partial charge is 0.507 e. The number of carbonyl (C=O) groups excluding carboxylic acids is 1. The van der Waals surface area contributed by atoms with Gasteiger partial charge in [0.15, 0.2) is 0 Å². The number of benzene rings is 1. The van der Waals surface area contributed by atoms with E-state index in [-0.39, 0.29) is 23.3 Å². The summed E-state index contributed by atoms with van der Waals surface area (Å²) in [4.78, 5) is 11.9. The molecule has 4 nitrogen and oxygen atoms in total. The van der Waals surface area contributed by atoms with Crippen LogP contribution in [-0.4, -0.2) is 33.3 Å². The molecule has 1 rings (SSSR count). The number of phenols is 1. The predicted molar refractivity (Wildman–Crippen MR) is 73.3 cm³/mol. The van der Waals surface area contributed by atoms with Crippen LogP contribution in [0.3, 0.4) is 0 Å². The molecule has 0 saturated heterocycles. The van der Waals surface area contributed by atoms with Gasteiger partial charge in [0.2, 0.25) is 0 Å². The minimum Gasteiger partial charge on any atom is -0.507 e. The Morgan fingerprint density at radius 1 is 1.50 bits per heavy atom. The number of amides is 1. The SMILES string of the molecule is Cc1ccc(C(=O)NC(C)CCS(C)=O)c(O)c1. The third kappa shape index (κ3) is 4.49. The lowest BCUT2D eigenvalue weighted by Gasteiger charge is -2.14. The lowest BCUT2D eigenvalue weighted by atomic mass is 10.1. The Morgan fingerprint density at radius 3 is 2.72 bits per heavy atom. The highest BCUT2D eigenvalue weighted by atomic mass is 32.2. The summed E-state index contributed by atoms with van der Waals surface area (Å²) in [6.07, 6.45) is 2.29. The van der Waals surface area contributed by atoms with E-state index in [9.17, 15) is 14.1 Å². The Bertz CT molecular complexity index is 460. The molecular weight excluding hydrogens is 250 g/mol. The molecule has 2 unspecified atom stereocenters. The van der Waals surface area contributed by atoms with Gasteiger partial charge in [-0.05, 0) is 38.0 Å². The van der Waals surface area contributed by atoms with Gasteiger partial charge in [-0.1, -0.05) is 6.07 Å². The van der Waals surface area contributed by atoms with Gasteiger partial charge in [0.25, 0.3) is 5.91 Å². The molecule has 0 aliphatic rings. The molecule has 0 aliphatic carbocycles. The number of carbonyl (C=O) groups is 1. The third-order valence-corrected chi connectivity index (χ3v) is 3.42. The van der Waals surface area contributed by atoms with E-state index in [1.54, 1.807) is 24.5 Å². The van der Waals surface area contributed by atoms with Crippen LogP contribution >= 0.6 is 0 Å². The maximum absolute atomic E-state index is 11.9. The normalized spacial score (nSPS) is 13.9. The fourth-order valence-electron chi connectivity index (χ4n) is 1.55. The summed E-state index contributed by atoms with van der Waals surface area (Å²) in [5, 5.41) is 12.5. The second-order valence-electron chi connectivity index (χ2n) is 4.46. The second kappa shape index (κ2) is 6.54. The van der Waals surface area contributed by atoms with Crippen molar-refractivity contribution in [3.8, 4) is 5.75 Å². The predicted octanol–water partition coefficient (Wildman–Crippen LogP) is 1.59. The van der Waals surface area contributed by atoms with E-state index in [1.807, 2.05) is 13.8 Å². The van der Waals surface area contributed by atoms with Gasteiger partial charge in [0.1, 0.15) is 5.75 Å². The molecule has 1 aromatic carbocycles. The zero-order chi connectivity index (χ0) is 13.7. The molecule has 1 amide bonds. The van der Waals surface area contributed by atoms with E-state index in [0.29, 0.717) is 12.2 Å². The molecule has 0 fully saturated rings. The number of phenolic OH excluding ortho intramolecular Hbond substituents is 1. The average molecular weight is 269 g/mol. The van der Waals surface area contributed by atoms with Crippen LogP contribution in [0.2, 0.25) is 0 Å². The van der Waals surface area contributed by atoms with Crippen LogP contribution in [-0.2, 0) is 10.8 Å². The molecule has 0 heterocycles. The first kappa shape index (κ1) is 14.7. The molecule has 2 atom stereocenters. The Labute approximate surface area is 110 Å². The molecule has 0 aliphatic heterocycles. The van der Waals surface area contributed by atoms with Gasteiger partial charge >= 0.3 is 0 Å². The molecule has 0 spiro atoms. The van der Waals surface area contributed by atoms with E-state index in [1.165, 1.54) is 0 Å². The summed E-state index contributed by atoms with van der Waals surface area (Å²) in [6.45, 7) is 3.70. The van der Waals surface area contributed by atoms with Crippen LogP contribution in [0.5, 0.6) is 5.75 Å². The van der Waals surface area contributed by atoms with Gasteiger partial charge in [-0.2, -0.15) is 0 Å². The summed E-state index contributed by atoms with van der Waals surface area (Å²) in [5.41, 5.74) is 1.17. The Balaban J connectivity index is 2.62. The van der Waals surface area contributed by atoms with Gasteiger partial charge in [-0.3, -0.25) is 9.00 Å². The fourth-order valence-corrected chi connectivity index (χ4v) is 2.24. The Kier molecular flexibility index (Phi) is 5.34. The maximum atomic E-state index is 11.9. The Hall–Kier alpha value is -1.36. The summed E-state index contributed by atoms with van der Waals surface area (Å²) >= 11 is 0. The fraction of sp³-hybridized carbons (Fsp3) is 0.462. The molecule has 5 heteroatoms. The maximum Gasteiger partial charge on any atom is 0.255 e. The van der Waals surface area contributed by atoms with E-state index in [4.69, 9.17) is 0 Å². The summed E-state index contributed by atoms with van der Waals surface area (Å²) in [7, 11) is -0.854. The van der Waals surface area contributed by atoms with Crippen molar-refractivity contribution in [3.63, 3.8) is 0 Å². The Morgan fingerprint density at radius 2 is 2.17 bits per heavy atom. The highest BCUT2D eigenvalue weighted by Crippen LogP contribution is 2.18. The first-order valence-corrected chi connectivity index (χ1v) is 7.53. The topological polar surface area (TPSA) is 66.4 Å². The van der Waals surface area contributed by atoms with Gasteiger partial charge in [-0.25, -0.2) is 0 Å². The van der Waals surface area contributed by atoms with Crippen LogP contribution in [0, 0.1) is 6.92 Å². The van der Waals surface area contributed by atoms with Crippen LogP contribution < -0.4 is 5.32 Å². The van der Waals surface area contributed by atoms with Gasteiger partial charge in [0.05, 0.1) is 5.56 Å². The van der Waals surface area contributed by atoms with Crippen LogP contribution in [0.25, 0.3) is 0 Å². The first-order valence-electron chi connectivity index (χ1n) is 5.80. The highest BCUT2D eigenvalue weighted by Gasteiger charge is 2.13. The molecule has 100 valence electrons. The number of hydrogen-bond acceptors (Lipinski definition) is 3. The number of nitrogens with one attached hydrogen (secondary N) is 1. The van der Waals surface area contributed by atoms with Gasteiger partial charge in [0, 0.05) is 28.9 Å². The van der Waals surface area contributed by atoms with Crippen molar-refractivity contribution in [1.82, 2.24) is 5.32 Å². The van der Waals surface area contributed by atoms with Crippen molar-refractivity contribution in [2.75, 3.05) is 12.0 Å². The number of hydrogen-bond donors (Lipinski definition) is 2.